The number of likely N-dealkylation sites (tertiary alicyclic amines) is 1. The van der Waals surface area contributed by atoms with Crippen LogP contribution in [0.15, 0.2) is 24.3 Å². The first-order chi connectivity index (χ1) is 9.76. The van der Waals surface area contributed by atoms with Gasteiger partial charge in [-0.3, -0.25) is 9.59 Å². The molecular formula is C13H15ClF3N3O2. The Hall–Kier alpha value is -1.96. The summed E-state index contributed by atoms with van der Waals surface area (Å²) in [5.41, 5.74) is 6.19. The van der Waals surface area contributed by atoms with E-state index in [1.807, 2.05) is 0 Å². The topological polar surface area (TPSA) is 75.4 Å². The van der Waals surface area contributed by atoms with Crippen molar-refractivity contribution >= 4 is 29.9 Å². The molecule has 1 unspecified atom stereocenters. The normalized spacial score (nSPS) is 18.0. The molecule has 0 radical (unpaired) electrons. The van der Waals surface area contributed by atoms with Gasteiger partial charge in [-0.05, 0) is 24.6 Å². The monoisotopic (exact) mass is 337 g/mol. The van der Waals surface area contributed by atoms with Gasteiger partial charge < -0.3 is 16.0 Å². The molecule has 5 nitrogen and oxygen atoms in total. The summed E-state index contributed by atoms with van der Waals surface area (Å²) in [6.07, 6.45) is -4.29. The highest BCUT2D eigenvalue weighted by molar-refractivity contribution is 5.98. The molecule has 1 atom stereocenters. The molecular weight excluding hydrogens is 323 g/mol. The number of nitrogen functional groups attached to an aromatic ring is 1. The Bertz CT molecular complexity index is 566. The third-order valence-corrected chi connectivity index (χ3v) is 3.12. The fraction of sp³-hybridized carbons (Fsp3) is 0.385. The van der Waals surface area contributed by atoms with Crippen LogP contribution in [0.1, 0.15) is 16.8 Å². The number of alkyl halides is 3. The highest BCUT2D eigenvalue weighted by Gasteiger charge is 2.39. The summed E-state index contributed by atoms with van der Waals surface area (Å²) >= 11 is 0. The molecule has 3 N–H and O–H groups in total. The number of benzene rings is 1. The van der Waals surface area contributed by atoms with Crippen molar-refractivity contribution in [1.82, 2.24) is 10.2 Å². The predicted molar refractivity (Wildman–Crippen MR) is 76.6 cm³/mol. The lowest BCUT2D eigenvalue weighted by Crippen LogP contribution is -2.43. The van der Waals surface area contributed by atoms with Crippen molar-refractivity contribution in [3.8, 4) is 0 Å². The molecule has 0 aliphatic carbocycles. The molecule has 9 heteroatoms. The Morgan fingerprint density at radius 1 is 1.41 bits per heavy atom. The molecule has 0 spiro atoms. The first-order valence-electron chi connectivity index (χ1n) is 6.28. The first kappa shape index (κ1) is 18.1. The lowest BCUT2D eigenvalue weighted by Gasteiger charge is -2.18. The maximum atomic E-state index is 12.3. The lowest BCUT2D eigenvalue weighted by atomic mass is 10.1. The summed E-state index contributed by atoms with van der Waals surface area (Å²) in [6.45, 7) is -1.32. The zero-order valence-electron chi connectivity index (χ0n) is 11.4. The van der Waals surface area contributed by atoms with Gasteiger partial charge in [0.2, 0.25) is 5.91 Å². The van der Waals surface area contributed by atoms with Crippen LogP contribution < -0.4 is 11.1 Å². The molecule has 0 aromatic heterocycles. The number of nitrogens with zero attached hydrogens (tertiary/aromatic N) is 1. The number of nitrogens with two attached hydrogens (primary N) is 1. The van der Waals surface area contributed by atoms with Crippen molar-refractivity contribution in [2.75, 3.05) is 18.8 Å². The van der Waals surface area contributed by atoms with Crippen LogP contribution in [0, 0.1) is 0 Å². The summed E-state index contributed by atoms with van der Waals surface area (Å²) < 4.78 is 36.9. The molecule has 2 amide bonds. The quantitative estimate of drug-likeness (QED) is 0.822. The maximum absolute atomic E-state index is 12.3. The second-order valence-electron chi connectivity index (χ2n) is 4.82. The first-order valence-corrected chi connectivity index (χ1v) is 6.28. The second-order valence-corrected chi connectivity index (χ2v) is 4.82. The van der Waals surface area contributed by atoms with Gasteiger partial charge in [0, 0.05) is 17.8 Å². The van der Waals surface area contributed by atoms with Gasteiger partial charge in [-0.2, -0.15) is 13.2 Å². The highest BCUT2D eigenvalue weighted by Crippen LogP contribution is 2.21. The molecule has 22 heavy (non-hydrogen) atoms. The van der Waals surface area contributed by atoms with Crippen molar-refractivity contribution in [2.24, 2.45) is 0 Å². The molecule has 1 aliphatic heterocycles. The van der Waals surface area contributed by atoms with Crippen molar-refractivity contribution in [3.63, 3.8) is 0 Å². The Kier molecular flexibility index (Phi) is 5.65. The molecule has 1 fully saturated rings. The van der Waals surface area contributed by atoms with Gasteiger partial charge >= 0.3 is 6.18 Å². The molecule has 2 rings (SSSR count). The smallest absolute Gasteiger partial charge is 0.399 e. The third-order valence-electron chi connectivity index (χ3n) is 3.12. The number of carbonyl (C=O) groups excluding carboxylic acids is 2. The molecule has 1 aliphatic rings. The molecule has 0 bridgehead atoms. The summed E-state index contributed by atoms with van der Waals surface area (Å²) in [5, 5.41) is 2.43. The number of halogens is 4. The zero-order chi connectivity index (χ0) is 15.6. The van der Waals surface area contributed by atoms with Crippen molar-refractivity contribution < 1.29 is 22.8 Å². The van der Waals surface area contributed by atoms with Gasteiger partial charge in [0.15, 0.2) is 0 Å². The van der Waals surface area contributed by atoms with Crippen molar-refractivity contribution in [1.29, 1.82) is 0 Å². The highest BCUT2D eigenvalue weighted by atomic mass is 35.5. The van der Waals surface area contributed by atoms with Gasteiger partial charge in [0.25, 0.3) is 5.91 Å². The number of anilines is 1. The SMILES string of the molecule is Cl.Nc1cccc(C(=O)NC2CCN(CC(F)(F)F)C2=O)c1. The zero-order valence-corrected chi connectivity index (χ0v) is 12.2. The van der Waals surface area contributed by atoms with Crippen LogP contribution in [0.4, 0.5) is 18.9 Å². The molecule has 1 aromatic carbocycles. The predicted octanol–water partition coefficient (Wildman–Crippen LogP) is 1.58. The van der Waals surface area contributed by atoms with Crippen LogP contribution in [0.2, 0.25) is 0 Å². The van der Waals surface area contributed by atoms with E-state index in [0.717, 1.165) is 0 Å². The molecule has 1 aromatic rings. The van der Waals surface area contributed by atoms with Crippen LogP contribution in [-0.4, -0.2) is 42.0 Å². The Morgan fingerprint density at radius 3 is 2.68 bits per heavy atom. The number of amides is 2. The van der Waals surface area contributed by atoms with E-state index in [1.54, 1.807) is 12.1 Å². The number of carbonyl (C=O) groups is 2. The fourth-order valence-electron chi connectivity index (χ4n) is 2.17. The number of hydrogen-bond donors (Lipinski definition) is 2. The summed E-state index contributed by atoms with van der Waals surface area (Å²) in [5.74, 6) is -1.25. The molecule has 1 saturated heterocycles. The van der Waals surface area contributed by atoms with Gasteiger partial charge in [-0.15, -0.1) is 12.4 Å². The van der Waals surface area contributed by atoms with Gasteiger partial charge in [0.05, 0.1) is 0 Å². The van der Waals surface area contributed by atoms with E-state index in [-0.39, 0.29) is 30.9 Å². The van der Waals surface area contributed by atoms with Gasteiger partial charge in [-0.25, -0.2) is 0 Å². The summed E-state index contributed by atoms with van der Waals surface area (Å²) in [7, 11) is 0. The number of nitrogens with one attached hydrogen (secondary N) is 1. The van der Waals surface area contributed by atoms with E-state index >= 15 is 0 Å². The maximum Gasteiger partial charge on any atom is 0.406 e. The largest absolute Gasteiger partial charge is 0.406 e. The minimum Gasteiger partial charge on any atom is -0.399 e. The van der Waals surface area contributed by atoms with E-state index in [9.17, 15) is 22.8 Å². The van der Waals surface area contributed by atoms with Crippen LogP contribution in [0.25, 0.3) is 0 Å². The minimum absolute atomic E-state index is 0. The Morgan fingerprint density at radius 2 is 2.09 bits per heavy atom. The fourth-order valence-corrected chi connectivity index (χ4v) is 2.17. The summed E-state index contributed by atoms with van der Waals surface area (Å²) in [6, 6.07) is 5.20. The average molecular weight is 338 g/mol. The second kappa shape index (κ2) is 6.87. The summed E-state index contributed by atoms with van der Waals surface area (Å²) in [4.78, 5) is 24.4. The van der Waals surface area contributed by atoms with E-state index in [0.29, 0.717) is 10.6 Å². The van der Waals surface area contributed by atoms with Crippen LogP contribution >= 0.6 is 12.4 Å². The van der Waals surface area contributed by atoms with Crippen LogP contribution in [0.3, 0.4) is 0 Å². The average Bonchev–Trinajstić information content (AvgIpc) is 2.69. The molecule has 0 saturated carbocycles. The van der Waals surface area contributed by atoms with Crippen molar-refractivity contribution in [2.45, 2.75) is 18.6 Å². The minimum atomic E-state index is -4.44. The molecule has 122 valence electrons. The molecule has 1 heterocycles. The van der Waals surface area contributed by atoms with E-state index in [1.165, 1.54) is 12.1 Å². The third kappa shape index (κ3) is 4.52. The Labute approximate surface area is 131 Å². The van der Waals surface area contributed by atoms with Gasteiger partial charge in [-0.1, -0.05) is 6.07 Å². The van der Waals surface area contributed by atoms with E-state index in [2.05, 4.69) is 5.32 Å². The number of rotatable bonds is 3. The van der Waals surface area contributed by atoms with E-state index in [4.69, 9.17) is 5.73 Å². The standard InChI is InChI=1S/C13H14F3N3O2.ClH/c14-13(15,16)7-19-5-4-10(12(19)21)18-11(20)8-2-1-3-9(17)6-8;/h1-3,6,10H,4-5,7,17H2,(H,18,20);1H. The van der Waals surface area contributed by atoms with Crippen LogP contribution in [0.5, 0.6) is 0 Å². The van der Waals surface area contributed by atoms with E-state index < -0.39 is 30.6 Å². The van der Waals surface area contributed by atoms with Crippen molar-refractivity contribution in [3.05, 3.63) is 29.8 Å². The number of hydrogen-bond acceptors (Lipinski definition) is 3. The van der Waals surface area contributed by atoms with Crippen LogP contribution in [-0.2, 0) is 4.79 Å². The lowest BCUT2D eigenvalue weighted by molar-refractivity contribution is -0.157. The van der Waals surface area contributed by atoms with Gasteiger partial charge in [0.1, 0.15) is 12.6 Å². The Balaban J connectivity index is 0.00000242.